The normalized spacial score (nSPS) is 13.1. The van der Waals surface area contributed by atoms with Gasteiger partial charge in [0.05, 0.1) is 4.90 Å². The molecule has 0 radical (unpaired) electrons. The molecule has 0 fully saturated rings. The molecule has 1 atom stereocenters. The fraction of sp³-hybridized carbons (Fsp3) is 0.286. The summed E-state index contributed by atoms with van der Waals surface area (Å²) in [5, 5.41) is 1.12. The summed E-state index contributed by atoms with van der Waals surface area (Å²) in [4.78, 5) is 0.363. The van der Waals surface area contributed by atoms with Gasteiger partial charge in [-0.05, 0) is 58.2 Å². The van der Waals surface area contributed by atoms with Crippen LogP contribution < -0.4 is 0 Å². The molecule has 0 spiro atoms. The maximum atomic E-state index is 11.9. The van der Waals surface area contributed by atoms with E-state index in [2.05, 4.69) is 75.5 Å². The van der Waals surface area contributed by atoms with E-state index < -0.39 is 9.84 Å². The zero-order valence-electron chi connectivity index (χ0n) is 19.5. The lowest BCUT2D eigenvalue weighted by molar-refractivity contribution is 0.602. The van der Waals surface area contributed by atoms with E-state index in [4.69, 9.17) is 0 Å². The predicted octanol–water partition coefficient (Wildman–Crippen LogP) is 6.72. The van der Waals surface area contributed by atoms with E-state index in [0.717, 1.165) is 17.3 Å². The minimum Gasteiger partial charge on any atom is -0.350 e. The van der Waals surface area contributed by atoms with Crippen molar-refractivity contribution in [3.05, 3.63) is 89.6 Å². The molecule has 4 heteroatoms. The lowest BCUT2D eigenvalue weighted by Crippen LogP contribution is -1.98. The average molecular weight is 446 g/mol. The van der Waals surface area contributed by atoms with Gasteiger partial charge in [-0.2, -0.15) is 0 Å². The van der Waals surface area contributed by atoms with Crippen molar-refractivity contribution >= 4 is 20.7 Å². The van der Waals surface area contributed by atoms with Gasteiger partial charge in [-0.1, -0.05) is 75.4 Å². The highest BCUT2D eigenvalue weighted by Gasteiger charge is 2.16. The van der Waals surface area contributed by atoms with Crippen LogP contribution in [0.25, 0.3) is 22.0 Å². The van der Waals surface area contributed by atoms with Gasteiger partial charge in [-0.15, -0.1) is 0 Å². The molecule has 0 saturated carbocycles. The highest BCUT2D eigenvalue weighted by Crippen LogP contribution is 2.31. The first-order chi connectivity index (χ1) is 15.1. The molecule has 0 aliphatic heterocycles. The zero-order chi connectivity index (χ0) is 23.0. The number of hydrogen-bond acceptors (Lipinski definition) is 2. The Morgan fingerprint density at radius 3 is 2.00 bits per heavy atom. The maximum Gasteiger partial charge on any atom is 0.175 e. The Kier molecular flexibility index (Phi) is 6.00. The summed E-state index contributed by atoms with van der Waals surface area (Å²) in [5.41, 5.74) is 7.33. The highest BCUT2D eigenvalue weighted by atomic mass is 32.2. The molecule has 32 heavy (non-hydrogen) atoms. The van der Waals surface area contributed by atoms with Gasteiger partial charge in [-0.25, -0.2) is 8.42 Å². The maximum absolute atomic E-state index is 11.9. The topological polar surface area (TPSA) is 39.1 Å². The monoisotopic (exact) mass is 445 g/mol. The number of benzene rings is 3. The van der Waals surface area contributed by atoms with Crippen LogP contribution >= 0.6 is 0 Å². The summed E-state index contributed by atoms with van der Waals surface area (Å²) in [7, 11) is -1.24. The molecule has 4 aromatic rings. The third kappa shape index (κ3) is 4.51. The number of sulfone groups is 1. The summed E-state index contributed by atoms with van der Waals surface area (Å²) in [5.74, 6) is 0.860. The lowest BCUT2D eigenvalue weighted by atomic mass is 9.92. The summed E-state index contributed by atoms with van der Waals surface area (Å²) < 4.78 is 25.9. The van der Waals surface area contributed by atoms with Gasteiger partial charge in [0.2, 0.25) is 0 Å². The lowest BCUT2D eigenvalue weighted by Gasteiger charge is -2.12. The first kappa shape index (κ1) is 22.3. The van der Waals surface area contributed by atoms with Gasteiger partial charge in [-0.3, -0.25) is 0 Å². The van der Waals surface area contributed by atoms with Gasteiger partial charge in [0.1, 0.15) is 0 Å². The Hall–Kier alpha value is -2.85. The van der Waals surface area contributed by atoms with Crippen LogP contribution in [-0.4, -0.2) is 19.2 Å². The van der Waals surface area contributed by atoms with E-state index in [-0.39, 0.29) is 0 Å². The predicted molar refractivity (Wildman–Crippen MR) is 134 cm³/mol. The molecule has 166 valence electrons. The Morgan fingerprint density at radius 2 is 1.44 bits per heavy atom. The van der Waals surface area contributed by atoms with Crippen LogP contribution in [-0.2, 0) is 23.3 Å². The third-order valence-electron chi connectivity index (χ3n) is 6.36. The first-order valence-corrected chi connectivity index (χ1v) is 13.0. The molecule has 3 nitrogen and oxygen atoms in total. The smallest absolute Gasteiger partial charge is 0.175 e. The fourth-order valence-electron chi connectivity index (χ4n) is 4.38. The van der Waals surface area contributed by atoms with E-state index in [9.17, 15) is 8.42 Å². The summed E-state index contributed by atoms with van der Waals surface area (Å²) in [6, 6.07) is 23.1. The second-order valence-electron chi connectivity index (χ2n) is 9.23. The van der Waals surface area contributed by atoms with Crippen molar-refractivity contribution < 1.29 is 8.42 Å². The van der Waals surface area contributed by atoms with Crippen LogP contribution in [0.3, 0.4) is 0 Å². The average Bonchev–Trinajstić information content (AvgIpc) is 3.10. The SMILES string of the molecule is CC(C)c1ccc(-c2ccc(CC(C)c3cn(C)c4cc(S(C)(=O)=O)ccc34)cc2)cc1. The van der Waals surface area contributed by atoms with Gasteiger partial charge in [0, 0.05) is 30.4 Å². The van der Waals surface area contributed by atoms with Crippen molar-refractivity contribution in [2.45, 2.75) is 43.9 Å². The van der Waals surface area contributed by atoms with Gasteiger partial charge >= 0.3 is 0 Å². The molecule has 1 heterocycles. The van der Waals surface area contributed by atoms with Crippen molar-refractivity contribution in [2.75, 3.05) is 6.26 Å². The Balaban J connectivity index is 1.55. The summed E-state index contributed by atoms with van der Waals surface area (Å²) >= 11 is 0. The molecule has 0 amide bonds. The van der Waals surface area contributed by atoms with Crippen LogP contribution in [0.4, 0.5) is 0 Å². The Labute approximate surface area is 191 Å². The van der Waals surface area contributed by atoms with Crippen molar-refractivity contribution in [2.24, 2.45) is 7.05 Å². The number of fused-ring (bicyclic) bond motifs is 1. The van der Waals surface area contributed by atoms with E-state index in [0.29, 0.717) is 16.7 Å². The van der Waals surface area contributed by atoms with Gasteiger partial charge in [0.15, 0.2) is 9.84 Å². The number of rotatable bonds is 6. The van der Waals surface area contributed by atoms with Gasteiger partial charge in [0.25, 0.3) is 0 Å². The molecular weight excluding hydrogens is 414 g/mol. The first-order valence-electron chi connectivity index (χ1n) is 11.1. The van der Waals surface area contributed by atoms with E-state index >= 15 is 0 Å². The number of aryl methyl sites for hydroxylation is 1. The van der Waals surface area contributed by atoms with E-state index in [1.807, 2.05) is 17.7 Å². The molecule has 1 unspecified atom stereocenters. The van der Waals surface area contributed by atoms with Crippen molar-refractivity contribution in [1.29, 1.82) is 0 Å². The second kappa shape index (κ2) is 8.59. The minimum atomic E-state index is -3.22. The molecule has 4 rings (SSSR count). The van der Waals surface area contributed by atoms with E-state index in [1.165, 1.54) is 34.1 Å². The molecular formula is C28H31NO2S. The molecule has 0 aliphatic carbocycles. The Bertz CT molecular complexity index is 1350. The van der Waals surface area contributed by atoms with Crippen LogP contribution in [0.5, 0.6) is 0 Å². The summed E-state index contributed by atoms with van der Waals surface area (Å²) in [6.45, 7) is 6.66. The number of nitrogens with zero attached hydrogens (tertiary/aromatic N) is 1. The molecule has 1 aromatic heterocycles. The summed E-state index contributed by atoms with van der Waals surface area (Å²) in [6.07, 6.45) is 4.31. The van der Waals surface area contributed by atoms with Crippen molar-refractivity contribution in [1.82, 2.24) is 4.57 Å². The Morgan fingerprint density at radius 1 is 0.844 bits per heavy atom. The second-order valence-corrected chi connectivity index (χ2v) is 11.2. The minimum absolute atomic E-state index is 0.318. The fourth-order valence-corrected chi connectivity index (χ4v) is 5.02. The zero-order valence-corrected chi connectivity index (χ0v) is 20.3. The molecule has 0 bridgehead atoms. The molecule has 0 saturated heterocycles. The van der Waals surface area contributed by atoms with E-state index in [1.54, 1.807) is 12.1 Å². The van der Waals surface area contributed by atoms with Crippen LogP contribution in [0.2, 0.25) is 0 Å². The highest BCUT2D eigenvalue weighted by molar-refractivity contribution is 7.90. The van der Waals surface area contributed by atoms with Crippen LogP contribution in [0, 0.1) is 0 Å². The van der Waals surface area contributed by atoms with Crippen LogP contribution in [0.15, 0.2) is 77.8 Å². The number of hydrogen-bond donors (Lipinski definition) is 0. The van der Waals surface area contributed by atoms with Gasteiger partial charge < -0.3 is 4.57 Å². The van der Waals surface area contributed by atoms with Crippen molar-refractivity contribution in [3.8, 4) is 11.1 Å². The molecule has 3 aromatic carbocycles. The van der Waals surface area contributed by atoms with Crippen molar-refractivity contribution in [3.63, 3.8) is 0 Å². The third-order valence-corrected chi connectivity index (χ3v) is 7.47. The molecule has 0 N–H and O–H groups in total. The standard InChI is InChI=1S/C28H31NO2S/c1-19(2)22-10-12-24(13-11-22)23-8-6-21(7-9-23)16-20(3)27-18-29(4)28-17-25(32(5,30)31)14-15-26(27)28/h6-15,17-20H,16H2,1-5H3. The number of aromatic nitrogens is 1. The molecule has 0 aliphatic rings. The quantitative estimate of drug-likeness (QED) is 0.330. The largest absolute Gasteiger partial charge is 0.350 e. The van der Waals surface area contributed by atoms with Crippen LogP contribution in [0.1, 0.15) is 49.3 Å².